The monoisotopic (exact) mass is 429 g/mol. The van der Waals surface area contributed by atoms with Crippen LogP contribution in [-0.2, 0) is 4.79 Å². The van der Waals surface area contributed by atoms with Gasteiger partial charge in [-0.1, -0.05) is 24.3 Å². The van der Waals surface area contributed by atoms with Gasteiger partial charge in [0.2, 0.25) is 0 Å². The number of anilines is 3. The van der Waals surface area contributed by atoms with E-state index in [0.29, 0.717) is 34.9 Å². The van der Waals surface area contributed by atoms with E-state index in [-0.39, 0.29) is 5.78 Å². The minimum absolute atomic E-state index is 0.0167. The first-order valence-electron chi connectivity index (χ1n) is 10.6. The summed E-state index contributed by atoms with van der Waals surface area (Å²) in [6, 6.07) is 17.2. The van der Waals surface area contributed by atoms with Crippen LogP contribution >= 0.6 is 0 Å². The Hall–Kier alpha value is -4.00. The van der Waals surface area contributed by atoms with Crippen LogP contribution in [0.1, 0.15) is 31.1 Å². The number of hydrogen-bond donors (Lipinski definition) is 2. The molecule has 0 fully saturated rings. The Morgan fingerprint density at radius 3 is 2.72 bits per heavy atom. The van der Waals surface area contributed by atoms with Gasteiger partial charge in [0.15, 0.2) is 5.78 Å². The van der Waals surface area contributed by atoms with Crippen LogP contribution in [0.25, 0.3) is 0 Å². The molecule has 2 amide bonds. The molecule has 1 atom stereocenters. The molecule has 1 unspecified atom stereocenters. The molecule has 1 aliphatic carbocycles. The van der Waals surface area contributed by atoms with Gasteiger partial charge in [-0.3, -0.25) is 9.69 Å². The van der Waals surface area contributed by atoms with Crippen molar-refractivity contribution >= 4 is 28.9 Å². The van der Waals surface area contributed by atoms with E-state index in [1.54, 1.807) is 42.5 Å². The van der Waals surface area contributed by atoms with E-state index in [9.17, 15) is 9.59 Å². The van der Waals surface area contributed by atoms with Crippen LogP contribution in [0.4, 0.5) is 21.9 Å². The number of ether oxygens (including phenoxy) is 1. The van der Waals surface area contributed by atoms with Gasteiger partial charge >= 0.3 is 6.03 Å². The molecule has 32 heavy (non-hydrogen) atoms. The molecular formula is C25H23N3O4. The number of methoxy groups -OCH3 is 1. The first kappa shape index (κ1) is 19.9. The largest absolute Gasteiger partial charge is 0.495 e. The Morgan fingerprint density at radius 1 is 1.09 bits per heavy atom. The van der Waals surface area contributed by atoms with Gasteiger partial charge in [-0.05, 0) is 49.2 Å². The molecule has 1 aromatic heterocycles. The van der Waals surface area contributed by atoms with E-state index in [1.807, 2.05) is 36.4 Å². The van der Waals surface area contributed by atoms with Crippen LogP contribution in [0.5, 0.6) is 5.75 Å². The summed E-state index contributed by atoms with van der Waals surface area (Å²) in [6.07, 6.45) is 3.50. The minimum atomic E-state index is -0.696. The van der Waals surface area contributed by atoms with Crippen molar-refractivity contribution in [2.75, 3.05) is 22.6 Å². The lowest BCUT2D eigenvalue weighted by molar-refractivity contribution is -0.116. The Balaban J connectivity index is 1.67. The first-order valence-corrected chi connectivity index (χ1v) is 10.6. The Morgan fingerprint density at radius 2 is 1.91 bits per heavy atom. The van der Waals surface area contributed by atoms with Crippen molar-refractivity contribution in [3.63, 3.8) is 0 Å². The van der Waals surface area contributed by atoms with E-state index in [4.69, 9.17) is 9.15 Å². The summed E-state index contributed by atoms with van der Waals surface area (Å²) in [5.41, 5.74) is 3.36. The van der Waals surface area contributed by atoms with E-state index < -0.39 is 12.1 Å². The van der Waals surface area contributed by atoms with Crippen LogP contribution in [0, 0.1) is 0 Å². The predicted octanol–water partition coefficient (Wildman–Crippen LogP) is 5.50. The number of rotatable bonds is 3. The average Bonchev–Trinajstić information content (AvgIpc) is 3.29. The van der Waals surface area contributed by atoms with Gasteiger partial charge in [0, 0.05) is 17.7 Å². The quantitative estimate of drug-likeness (QED) is 0.574. The van der Waals surface area contributed by atoms with Crippen molar-refractivity contribution in [2.45, 2.75) is 25.3 Å². The van der Waals surface area contributed by atoms with Gasteiger partial charge in [-0.25, -0.2) is 4.79 Å². The number of allylic oxidation sites excluding steroid dienone is 1. The maximum atomic E-state index is 13.8. The minimum Gasteiger partial charge on any atom is -0.495 e. The number of carbonyl (C=O) groups is 2. The smallest absolute Gasteiger partial charge is 0.327 e. The molecule has 162 valence electrons. The first-order chi connectivity index (χ1) is 15.7. The number of ketones is 1. The fraction of sp³-hybridized carbons (Fsp3) is 0.200. The number of furan rings is 1. The number of nitrogens with zero attached hydrogens (tertiary/aromatic N) is 1. The Labute approximate surface area is 185 Å². The second-order valence-corrected chi connectivity index (χ2v) is 7.73. The highest BCUT2D eigenvalue weighted by Crippen LogP contribution is 2.45. The van der Waals surface area contributed by atoms with Crippen LogP contribution < -0.4 is 20.3 Å². The highest BCUT2D eigenvalue weighted by molar-refractivity contribution is 6.09. The summed E-state index contributed by atoms with van der Waals surface area (Å²) < 4.78 is 11.2. The highest BCUT2D eigenvalue weighted by Gasteiger charge is 2.41. The van der Waals surface area contributed by atoms with Crippen LogP contribution in [0.2, 0.25) is 0 Å². The summed E-state index contributed by atoms with van der Waals surface area (Å²) in [4.78, 5) is 28.5. The lowest BCUT2D eigenvalue weighted by atomic mass is 9.88. The van der Waals surface area contributed by atoms with Gasteiger partial charge in [0.25, 0.3) is 0 Å². The summed E-state index contributed by atoms with van der Waals surface area (Å²) in [7, 11) is 1.56. The lowest BCUT2D eigenvalue weighted by Gasteiger charge is -2.32. The van der Waals surface area contributed by atoms with E-state index in [0.717, 1.165) is 24.2 Å². The molecule has 2 aromatic carbocycles. The molecular weight excluding hydrogens is 406 g/mol. The predicted molar refractivity (Wildman–Crippen MR) is 122 cm³/mol. The number of hydrogen-bond acceptors (Lipinski definition) is 5. The van der Waals surface area contributed by atoms with Gasteiger partial charge in [0.05, 0.1) is 30.4 Å². The van der Waals surface area contributed by atoms with Crippen molar-refractivity contribution < 1.29 is 18.7 Å². The standard InChI is InChI=1S/C25H23N3O4/c1-31-21-13-5-3-9-17(21)27-25(30)28-19-11-4-2-8-16(19)26-18-10-6-12-20(29)23(18)24(28)22-14-7-15-32-22/h2-5,7-9,11,13-15,24,26H,6,10,12H2,1H3,(H,27,30). The van der Waals surface area contributed by atoms with Gasteiger partial charge < -0.3 is 19.8 Å². The third-order valence-corrected chi connectivity index (χ3v) is 5.82. The second kappa shape index (κ2) is 8.26. The number of carbonyl (C=O) groups excluding carboxylic acids is 2. The fourth-order valence-corrected chi connectivity index (χ4v) is 4.40. The van der Waals surface area contributed by atoms with Crippen molar-refractivity contribution in [3.8, 4) is 5.75 Å². The molecule has 3 aromatic rings. The SMILES string of the molecule is COc1ccccc1NC(=O)N1c2ccccc2NC2=C(C(=O)CCC2)C1c1ccco1. The topological polar surface area (TPSA) is 83.8 Å². The van der Waals surface area contributed by atoms with Gasteiger partial charge in [-0.2, -0.15) is 0 Å². The molecule has 5 rings (SSSR count). The Bertz CT molecular complexity index is 1200. The zero-order valence-corrected chi connectivity index (χ0v) is 17.6. The third-order valence-electron chi connectivity index (χ3n) is 5.82. The number of benzene rings is 2. The molecule has 0 saturated carbocycles. The molecule has 0 saturated heterocycles. The fourth-order valence-electron chi connectivity index (χ4n) is 4.40. The van der Waals surface area contributed by atoms with Gasteiger partial charge in [-0.15, -0.1) is 0 Å². The van der Waals surface area contributed by atoms with Crippen LogP contribution in [0.15, 0.2) is 82.6 Å². The zero-order valence-electron chi connectivity index (χ0n) is 17.6. The maximum Gasteiger partial charge on any atom is 0.327 e. The van der Waals surface area contributed by atoms with Crippen molar-refractivity contribution in [1.82, 2.24) is 0 Å². The van der Waals surface area contributed by atoms with E-state index in [2.05, 4.69) is 10.6 Å². The van der Waals surface area contributed by atoms with Crippen molar-refractivity contribution in [1.29, 1.82) is 0 Å². The van der Waals surface area contributed by atoms with Gasteiger partial charge in [0.1, 0.15) is 17.6 Å². The summed E-state index contributed by atoms with van der Waals surface area (Å²) in [5, 5.41) is 6.39. The molecule has 2 aliphatic rings. The molecule has 0 radical (unpaired) electrons. The summed E-state index contributed by atoms with van der Waals surface area (Å²) >= 11 is 0. The maximum absolute atomic E-state index is 13.8. The van der Waals surface area contributed by atoms with Crippen molar-refractivity contribution in [3.05, 3.63) is 84.0 Å². The third kappa shape index (κ3) is 3.41. The number of fused-ring (bicyclic) bond motifs is 1. The molecule has 1 aliphatic heterocycles. The molecule has 2 N–H and O–H groups in total. The molecule has 0 bridgehead atoms. The number of nitrogens with one attached hydrogen (secondary N) is 2. The second-order valence-electron chi connectivity index (χ2n) is 7.73. The number of Topliss-reactive ketones (excluding diaryl/α,β-unsaturated/α-hetero) is 1. The summed E-state index contributed by atoms with van der Waals surface area (Å²) in [6.45, 7) is 0. The lowest BCUT2D eigenvalue weighted by Crippen LogP contribution is -2.40. The molecule has 7 heteroatoms. The van der Waals surface area contributed by atoms with Crippen molar-refractivity contribution in [2.24, 2.45) is 0 Å². The van der Waals surface area contributed by atoms with Crippen LogP contribution in [-0.4, -0.2) is 18.9 Å². The number of para-hydroxylation sites is 4. The average molecular weight is 429 g/mol. The molecule has 2 heterocycles. The van der Waals surface area contributed by atoms with E-state index >= 15 is 0 Å². The highest BCUT2D eigenvalue weighted by atomic mass is 16.5. The zero-order chi connectivity index (χ0) is 22.1. The molecule has 7 nitrogen and oxygen atoms in total. The van der Waals surface area contributed by atoms with E-state index in [1.165, 1.54) is 0 Å². The Kier molecular flexibility index (Phi) is 5.15. The number of amides is 2. The normalized spacial score (nSPS) is 17.7. The van der Waals surface area contributed by atoms with Crippen LogP contribution in [0.3, 0.4) is 0 Å². The summed E-state index contributed by atoms with van der Waals surface area (Å²) in [5.74, 6) is 1.09. The molecule has 0 spiro atoms. The number of urea groups is 1.